The van der Waals surface area contributed by atoms with E-state index < -0.39 is 6.04 Å². The van der Waals surface area contributed by atoms with Gasteiger partial charge in [-0.25, -0.2) is 0 Å². The van der Waals surface area contributed by atoms with Gasteiger partial charge in [-0.2, -0.15) is 0 Å². The molecule has 6 nitrogen and oxygen atoms in total. The number of aryl methyl sites for hydroxylation is 1. The smallest absolute Gasteiger partial charge is 0.242 e. The number of amides is 2. The number of carbonyl (C=O) groups excluding carboxylic acids is 2. The van der Waals surface area contributed by atoms with Crippen molar-refractivity contribution in [3.8, 4) is 0 Å². The van der Waals surface area contributed by atoms with Crippen molar-refractivity contribution in [2.45, 2.75) is 33.0 Å². The van der Waals surface area contributed by atoms with E-state index in [1.54, 1.807) is 25.3 Å². The molecule has 0 fully saturated rings. The second-order valence-corrected chi connectivity index (χ2v) is 6.02. The number of carbonyl (C=O) groups is 2. The van der Waals surface area contributed by atoms with Crippen molar-refractivity contribution in [1.82, 2.24) is 15.2 Å². The van der Waals surface area contributed by atoms with Crippen molar-refractivity contribution in [2.24, 2.45) is 0 Å². The maximum Gasteiger partial charge on any atom is 0.242 e. The molecule has 0 saturated carbocycles. The summed E-state index contributed by atoms with van der Waals surface area (Å²) in [6.45, 7) is 4.10. The molecule has 2 amide bonds. The Morgan fingerprint density at radius 2 is 2.00 bits per heavy atom. The second kappa shape index (κ2) is 7.25. The van der Waals surface area contributed by atoms with Crippen LogP contribution in [0.15, 0.2) is 53.1 Å². The highest BCUT2D eigenvalue weighted by Crippen LogP contribution is 2.18. The monoisotopic (exact) mass is 339 g/mol. The van der Waals surface area contributed by atoms with E-state index in [-0.39, 0.29) is 18.4 Å². The minimum atomic E-state index is -0.621. The van der Waals surface area contributed by atoms with Crippen molar-refractivity contribution in [3.05, 3.63) is 60.2 Å². The molecular formula is C19H21N3O3. The van der Waals surface area contributed by atoms with E-state index in [2.05, 4.69) is 10.6 Å². The van der Waals surface area contributed by atoms with Crippen LogP contribution >= 0.6 is 0 Å². The van der Waals surface area contributed by atoms with Gasteiger partial charge in [0.1, 0.15) is 18.3 Å². The maximum absolute atomic E-state index is 12.3. The maximum atomic E-state index is 12.3. The Labute approximate surface area is 145 Å². The van der Waals surface area contributed by atoms with Crippen molar-refractivity contribution >= 4 is 22.7 Å². The minimum absolute atomic E-state index is 0.176. The normalized spacial score (nSPS) is 12.1. The van der Waals surface area contributed by atoms with E-state index in [1.165, 1.54) is 0 Å². The number of nitrogens with one attached hydrogen (secondary N) is 2. The molecule has 0 spiro atoms. The van der Waals surface area contributed by atoms with E-state index >= 15 is 0 Å². The number of hydrogen-bond acceptors (Lipinski definition) is 3. The van der Waals surface area contributed by atoms with Gasteiger partial charge in [0.25, 0.3) is 0 Å². The summed E-state index contributed by atoms with van der Waals surface area (Å²) < 4.78 is 7.11. The van der Waals surface area contributed by atoms with Gasteiger partial charge in [0, 0.05) is 11.2 Å². The summed E-state index contributed by atoms with van der Waals surface area (Å²) in [5.41, 5.74) is 2.01. The molecule has 0 aliphatic carbocycles. The molecule has 0 saturated heterocycles. The summed E-state index contributed by atoms with van der Waals surface area (Å²) in [5, 5.41) is 6.57. The second-order valence-electron chi connectivity index (χ2n) is 6.02. The van der Waals surface area contributed by atoms with Crippen LogP contribution in [-0.2, 0) is 22.7 Å². The largest absolute Gasteiger partial charge is 0.467 e. The van der Waals surface area contributed by atoms with Gasteiger partial charge in [-0.1, -0.05) is 18.2 Å². The summed E-state index contributed by atoms with van der Waals surface area (Å²) in [5.74, 6) is 0.213. The van der Waals surface area contributed by atoms with Gasteiger partial charge in [0.05, 0.1) is 12.8 Å². The van der Waals surface area contributed by atoms with Crippen LogP contribution in [0.4, 0.5) is 0 Å². The molecule has 2 heterocycles. The van der Waals surface area contributed by atoms with E-state index in [9.17, 15) is 9.59 Å². The van der Waals surface area contributed by atoms with Crippen LogP contribution in [0.1, 0.15) is 18.4 Å². The quantitative estimate of drug-likeness (QED) is 0.724. The molecule has 0 aliphatic heterocycles. The third kappa shape index (κ3) is 3.91. The van der Waals surface area contributed by atoms with Crippen molar-refractivity contribution in [1.29, 1.82) is 0 Å². The van der Waals surface area contributed by atoms with Crippen LogP contribution in [0, 0.1) is 6.92 Å². The van der Waals surface area contributed by atoms with E-state index in [1.807, 2.05) is 41.8 Å². The lowest BCUT2D eigenvalue weighted by Crippen LogP contribution is -2.45. The summed E-state index contributed by atoms with van der Waals surface area (Å²) in [6, 6.07) is 12.9. The number of aromatic nitrogens is 1. The van der Waals surface area contributed by atoms with Gasteiger partial charge < -0.3 is 19.6 Å². The molecule has 2 N–H and O–H groups in total. The zero-order chi connectivity index (χ0) is 17.8. The van der Waals surface area contributed by atoms with Gasteiger partial charge in [0.15, 0.2) is 0 Å². The lowest BCUT2D eigenvalue weighted by atomic mass is 10.2. The van der Waals surface area contributed by atoms with Crippen molar-refractivity contribution < 1.29 is 14.0 Å². The fourth-order valence-corrected chi connectivity index (χ4v) is 2.79. The molecule has 1 atom stereocenters. The number of para-hydroxylation sites is 1. The zero-order valence-electron chi connectivity index (χ0n) is 14.3. The summed E-state index contributed by atoms with van der Waals surface area (Å²) in [6.07, 6.45) is 1.55. The first-order chi connectivity index (χ1) is 12.0. The molecule has 3 rings (SSSR count). The fraction of sp³-hybridized carbons (Fsp3) is 0.263. The molecule has 0 radical (unpaired) electrons. The van der Waals surface area contributed by atoms with Crippen LogP contribution < -0.4 is 10.6 Å². The number of fused-ring (bicyclic) bond motifs is 1. The lowest BCUT2D eigenvalue weighted by Gasteiger charge is -2.15. The fourth-order valence-electron chi connectivity index (χ4n) is 2.79. The predicted octanol–water partition coefficient (Wildman–Crippen LogP) is 2.36. The molecule has 130 valence electrons. The predicted molar refractivity (Wildman–Crippen MR) is 94.8 cm³/mol. The van der Waals surface area contributed by atoms with Gasteiger partial charge in [0.2, 0.25) is 11.8 Å². The van der Waals surface area contributed by atoms with Gasteiger partial charge >= 0.3 is 0 Å². The Bertz CT molecular complexity index is 881. The Hall–Kier alpha value is -3.02. The number of rotatable bonds is 6. The van der Waals surface area contributed by atoms with E-state index in [4.69, 9.17) is 4.42 Å². The number of nitrogens with zero attached hydrogens (tertiary/aromatic N) is 1. The summed E-state index contributed by atoms with van der Waals surface area (Å²) >= 11 is 0. The van der Waals surface area contributed by atoms with Crippen molar-refractivity contribution in [3.63, 3.8) is 0 Å². The highest BCUT2D eigenvalue weighted by molar-refractivity contribution is 5.88. The Balaban J connectivity index is 1.57. The first-order valence-electron chi connectivity index (χ1n) is 8.19. The van der Waals surface area contributed by atoms with E-state index in [0.29, 0.717) is 12.3 Å². The summed E-state index contributed by atoms with van der Waals surface area (Å²) in [7, 11) is 0. The highest BCUT2D eigenvalue weighted by Gasteiger charge is 2.17. The van der Waals surface area contributed by atoms with Crippen LogP contribution in [0.3, 0.4) is 0 Å². The molecule has 6 heteroatoms. The van der Waals surface area contributed by atoms with Gasteiger partial charge in [-0.15, -0.1) is 0 Å². The third-order valence-corrected chi connectivity index (χ3v) is 4.11. The number of benzene rings is 1. The lowest BCUT2D eigenvalue weighted by molar-refractivity contribution is -0.129. The molecule has 25 heavy (non-hydrogen) atoms. The zero-order valence-corrected chi connectivity index (χ0v) is 14.3. The minimum Gasteiger partial charge on any atom is -0.467 e. The molecular weight excluding hydrogens is 318 g/mol. The molecule has 2 aromatic heterocycles. The average molecular weight is 339 g/mol. The number of hydrogen-bond donors (Lipinski definition) is 2. The van der Waals surface area contributed by atoms with Crippen LogP contribution in [-0.4, -0.2) is 22.4 Å². The molecule has 0 bridgehead atoms. The molecule has 3 aromatic rings. The van der Waals surface area contributed by atoms with Gasteiger partial charge in [-0.3, -0.25) is 9.59 Å². The number of furan rings is 1. The van der Waals surface area contributed by atoms with Crippen LogP contribution in [0.5, 0.6) is 0 Å². The van der Waals surface area contributed by atoms with Gasteiger partial charge in [-0.05, 0) is 43.5 Å². The van der Waals surface area contributed by atoms with E-state index in [0.717, 1.165) is 16.6 Å². The summed E-state index contributed by atoms with van der Waals surface area (Å²) in [4.78, 5) is 24.4. The van der Waals surface area contributed by atoms with Crippen LogP contribution in [0.25, 0.3) is 10.9 Å². The molecule has 0 unspecified atom stereocenters. The Morgan fingerprint density at radius 1 is 1.20 bits per heavy atom. The standard InChI is InChI=1S/C19H21N3O3/c1-13-10-15-6-3-4-8-17(15)22(13)12-18(23)21-14(2)19(24)20-11-16-7-5-9-25-16/h3-10,14H,11-12H2,1-2H3,(H,20,24)(H,21,23)/t14-/m0/s1. The average Bonchev–Trinajstić information content (AvgIpc) is 3.21. The Kier molecular flexibility index (Phi) is 4.88. The first kappa shape index (κ1) is 16.8. The highest BCUT2D eigenvalue weighted by atomic mass is 16.3. The first-order valence-corrected chi connectivity index (χ1v) is 8.19. The van der Waals surface area contributed by atoms with Crippen LogP contribution in [0.2, 0.25) is 0 Å². The molecule has 1 aromatic carbocycles. The van der Waals surface area contributed by atoms with Crippen molar-refractivity contribution in [2.75, 3.05) is 0 Å². The topological polar surface area (TPSA) is 76.3 Å². The third-order valence-electron chi connectivity index (χ3n) is 4.11. The molecule has 0 aliphatic rings. The SMILES string of the molecule is Cc1cc2ccccc2n1CC(=O)N[C@@H](C)C(=O)NCc1ccco1. The Morgan fingerprint density at radius 3 is 2.76 bits per heavy atom.